The van der Waals surface area contributed by atoms with Gasteiger partial charge in [-0.2, -0.15) is 0 Å². The van der Waals surface area contributed by atoms with Crippen molar-refractivity contribution in [3.8, 4) is 5.75 Å². The van der Waals surface area contributed by atoms with Crippen LogP contribution in [-0.4, -0.2) is 5.78 Å². The van der Waals surface area contributed by atoms with Gasteiger partial charge in [0, 0.05) is 11.3 Å². The quantitative estimate of drug-likeness (QED) is 0.221. The number of ether oxygens (including phenoxy) is 1. The largest absolute Gasteiger partial charge is 0.486 e. The Morgan fingerprint density at radius 1 is 0.969 bits per heavy atom. The average molecular weight is 441 g/mol. The zero-order chi connectivity index (χ0) is 21.8. The minimum Gasteiger partial charge on any atom is -0.486 e. The molecule has 0 unspecified atom stereocenters. The third-order valence-electron chi connectivity index (χ3n) is 5.66. The lowest BCUT2D eigenvalue weighted by molar-refractivity contribution is 0.105. The van der Waals surface area contributed by atoms with Crippen LogP contribution in [0.1, 0.15) is 49.2 Å². The van der Waals surface area contributed by atoms with E-state index in [-0.39, 0.29) is 5.78 Å². The van der Waals surface area contributed by atoms with E-state index in [1.807, 2.05) is 48.5 Å². The summed E-state index contributed by atoms with van der Waals surface area (Å²) in [6.07, 6.45) is 7.66. The second-order valence-electron chi connectivity index (χ2n) is 8.00. The second-order valence-corrected chi connectivity index (χ2v) is 9.17. The van der Waals surface area contributed by atoms with Gasteiger partial charge in [0.25, 0.3) is 0 Å². The number of fused-ring (bicyclic) bond motifs is 1. The van der Waals surface area contributed by atoms with Gasteiger partial charge >= 0.3 is 0 Å². The van der Waals surface area contributed by atoms with Crippen molar-refractivity contribution in [2.45, 2.75) is 32.3 Å². The molecule has 32 heavy (non-hydrogen) atoms. The number of rotatable bonds is 8. The van der Waals surface area contributed by atoms with Crippen molar-refractivity contribution < 1.29 is 13.9 Å². The molecule has 1 aliphatic rings. The summed E-state index contributed by atoms with van der Waals surface area (Å²) in [6.45, 7) is 0.369. The van der Waals surface area contributed by atoms with Gasteiger partial charge in [-0.15, -0.1) is 11.3 Å². The van der Waals surface area contributed by atoms with E-state index in [1.165, 1.54) is 45.7 Å². The molecule has 0 spiro atoms. The smallest absolute Gasteiger partial charge is 0.195 e. The highest BCUT2D eigenvalue weighted by Gasteiger charge is 2.12. The van der Waals surface area contributed by atoms with Crippen LogP contribution < -0.4 is 4.74 Å². The summed E-state index contributed by atoms with van der Waals surface area (Å²) in [5.41, 5.74) is 4.07. The molecule has 0 radical (unpaired) electrons. The first-order valence-corrected chi connectivity index (χ1v) is 11.7. The van der Waals surface area contributed by atoms with Gasteiger partial charge in [-0.1, -0.05) is 36.4 Å². The summed E-state index contributed by atoms with van der Waals surface area (Å²) in [5, 5.41) is 0. The standard InChI is InChI=1S/C28H24O3S/c29-27(28-16-14-26(32-28)17-20-5-2-1-3-6-20)15-13-23-11-12-25(31-23)19-30-24-10-9-21-7-4-8-22(21)18-24/h1-3,5-6,9-16,18H,4,7-8,17,19H2. The second kappa shape index (κ2) is 9.41. The summed E-state index contributed by atoms with van der Waals surface area (Å²) in [6, 6.07) is 24.3. The minimum atomic E-state index is -0.0124. The fraction of sp³-hybridized carbons (Fsp3) is 0.179. The van der Waals surface area contributed by atoms with Gasteiger partial charge in [0.15, 0.2) is 5.78 Å². The number of thiophene rings is 1. The highest BCUT2D eigenvalue weighted by Crippen LogP contribution is 2.27. The number of ketones is 1. The molecule has 2 heterocycles. The first-order chi connectivity index (χ1) is 15.7. The van der Waals surface area contributed by atoms with E-state index in [9.17, 15) is 4.79 Å². The molecule has 0 aliphatic heterocycles. The molecular formula is C28H24O3S. The predicted octanol–water partition coefficient (Wildman–Crippen LogP) is 6.90. The van der Waals surface area contributed by atoms with Crippen LogP contribution in [-0.2, 0) is 25.9 Å². The number of aryl methyl sites for hydroxylation is 2. The minimum absolute atomic E-state index is 0.0124. The predicted molar refractivity (Wildman–Crippen MR) is 128 cm³/mol. The first kappa shape index (κ1) is 20.5. The fourth-order valence-electron chi connectivity index (χ4n) is 4.00. The van der Waals surface area contributed by atoms with Gasteiger partial charge < -0.3 is 9.15 Å². The van der Waals surface area contributed by atoms with Crippen molar-refractivity contribution in [2.24, 2.45) is 0 Å². The van der Waals surface area contributed by atoms with Crippen LogP contribution in [0, 0.1) is 0 Å². The monoisotopic (exact) mass is 440 g/mol. The zero-order valence-electron chi connectivity index (χ0n) is 17.8. The van der Waals surface area contributed by atoms with Crippen molar-refractivity contribution in [3.05, 3.63) is 117 Å². The molecule has 0 saturated carbocycles. The molecular weight excluding hydrogens is 416 g/mol. The number of carbonyl (C=O) groups is 1. The van der Waals surface area contributed by atoms with Crippen LogP contribution in [0.5, 0.6) is 5.75 Å². The number of furan rings is 1. The van der Waals surface area contributed by atoms with E-state index in [1.54, 1.807) is 12.2 Å². The van der Waals surface area contributed by atoms with Crippen LogP contribution in [0.2, 0.25) is 0 Å². The molecule has 1 aliphatic carbocycles. The number of hydrogen-bond donors (Lipinski definition) is 0. The highest BCUT2D eigenvalue weighted by atomic mass is 32.1. The van der Waals surface area contributed by atoms with Crippen molar-refractivity contribution in [1.29, 1.82) is 0 Å². The molecule has 160 valence electrons. The Balaban J connectivity index is 1.16. The zero-order valence-corrected chi connectivity index (χ0v) is 18.6. The molecule has 2 aromatic heterocycles. The Hall–Kier alpha value is -3.37. The molecule has 3 nitrogen and oxygen atoms in total. The van der Waals surface area contributed by atoms with Crippen molar-refractivity contribution >= 4 is 23.2 Å². The van der Waals surface area contributed by atoms with Crippen LogP contribution in [0.25, 0.3) is 6.08 Å². The topological polar surface area (TPSA) is 39.4 Å². The third-order valence-corrected chi connectivity index (χ3v) is 6.76. The average Bonchev–Trinajstić information content (AvgIpc) is 3.57. The Morgan fingerprint density at radius 3 is 2.75 bits per heavy atom. The maximum absolute atomic E-state index is 12.6. The number of allylic oxidation sites excluding steroid dienone is 1. The first-order valence-electron chi connectivity index (χ1n) is 10.9. The molecule has 4 aromatic rings. The molecule has 2 aromatic carbocycles. The Bertz CT molecular complexity index is 1250. The lowest BCUT2D eigenvalue weighted by Gasteiger charge is -2.06. The lowest BCUT2D eigenvalue weighted by atomic mass is 10.1. The number of carbonyl (C=O) groups excluding carboxylic acids is 1. The Morgan fingerprint density at radius 2 is 1.84 bits per heavy atom. The van der Waals surface area contributed by atoms with Gasteiger partial charge in [-0.3, -0.25) is 4.79 Å². The molecule has 5 rings (SSSR count). The van der Waals surface area contributed by atoms with E-state index in [2.05, 4.69) is 24.3 Å². The summed E-state index contributed by atoms with van der Waals surface area (Å²) in [4.78, 5) is 14.5. The molecule has 0 fully saturated rings. The normalized spacial score (nSPS) is 12.9. The third kappa shape index (κ3) is 4.92. The van der Waals surface area contributed by atoms with Gasteiger partial charge in [-0.25, -0.2) is 0 Å². The maximum atomic E-state index is 12.6. The Labute approximate surface area is 192 Å². The summed E-state index contributed by atoms with van der Waals surface area (Å²) < 4.78 is 11.7. The lowest BCUT2D eigenvalue weighted by Crippen LogP contribution is -1.94. The van der Waals surface area contributed by atoms with Gasteiger partial charge in [0.1, 0.15) is 23.9 Å². The number of hydrogen-bond acceptors (Lipinski definition) is 4. The van der Waals surface area contributed by atoms with Gasteiger partial charge in [0.2, 0.25) is 0 Å². The van der Waals surface area contributed by atoms with E-state index in [4.69, 9.17) is 9.15 Å². The van der Waals surface area contributed by atoms with Crippen LogP contribution >= 0.6 is 11.3 Å². The molecule has 0 amide bonds. The van der Waals surface area contributed by atoms with Crippen molar-refractivity contribution in [3.63, 3.8) is 0 Å². The Kier molecular flexibility index (Phi) is 6.04. The van der Waals surface area contributed by atoms with E-state index in [0.29, 0.717) is 12.4 Å². The SMILES string of the molecule is O=C(C=Cc1ccc(COc2ccc3c(c2)CCC3)o1)c1ccc(Cc2ccccc2)s1. The highest BCUT2D eigenvalue weighted by molar-refractivity contribution is 7.14. The molecule has 0 bridgehead atoms. The molecule has 0 atom stereocenters. The van der Waals surface area contributed by atoms with Crippen LogP contribution in [0.4, 0.5) is 0 Å². The van der Waals surface area contributed by atoms with E-state index < -0.39 is 0 Å². The van der Waals surface area contributed by atoms with Crippen molar-refractivity contribution in [2.75, 3.05) is 0 Å². The van der Waals surface area contributed by atoms with E-state index in [0.717, 1.165) is 29.2 Å². The maximum Gasteiger partial charge on any atom is 0.195 e. The fourth-order valence-corrected chi connectivity index (χ4v) is 4.96. The summed E-state index contributed by atoms with van der Waals surface area (Å²) in [7, 11) is 0. The molecule has 4 heteroatoms. The number of benzene rings is 2. The van der Waals surface area contributed by atoms with E-state index >= 15 is 0 Å². The molecule has 0 saturated heterocycles. The van der Waals surface area contributed by atoms with Gasteiger partial charge in [0.05, 0.1) is 4.88 Å². The molecule has 0 N–H and O–H groups in total. The van der Waals surface area contributed by atoms with Crippen molar-refractivity contribution in [1.82, 2.24) is 0 Å². The van der Waals surface area contributed by atoms with Crippen LogP contribution in [0.15, 0.2) is 83.3 Å². The van der Waals surface area contributed by atoms with Crippen LogP contribution in [0.3, 0.4) is 0 Å². The summed E-state index contributed by atoms with van der Waals surface area (Å²) in [5.74, 6) is 2.24. The summed E-state index contributed by atoms with van der Waals surface area (Å²) >= 11 is 1.54. The van der Waals surface area contributed by atoms with Gasteiger partial charge in [-0.05, 0) is 84.5 Å².